The molecule has 0 aliphatic carbocycles. The molecular weight excluding hydrogens is 302 g/mol. The molecule has 2 nitrogen and oxygen atoms in total. The highest BCUT2D eigenvalue weighted by Gasteiger charge is 2.37. The van der Waals surface area contributed by atoms with Gasteiger partial charge in [0.25, 0.3) is 0 Å². The Morgan fingerprint density at radius 1 is 1.48 bits per heavy atom. The molecule has 1 saturated heterocycles. The van der Waals surface area contributed by atoms with Crippen LogP contribution in [0.2, 0.25) is 5.02 Å². The smallest absolute Gasteiger partial charge is 0.122 e. The number of benzene rings is 1. The first-order valence-electron chi connectivity index (χ1n) is 7.79. The minimum atomic E-state index is 0.308. The standard InChI is InChI=1S/C17H26ClNOS/c1-4-9-19-16(17(2)8-5-10-21-17)12-13-11-14(18)6-7-15(13)20-3/h6-7,11,16,19H,4-5,8-10,12H2,1-3H3. The zero-order chi connectivity index (χ0) is 15.3. The Balaban J connectivity index is 2.20. The molecule has 0 saturated carbocycles. The van der Waals surface area contributed by atoms with E-state index in [9.17, 15) is 0 Å². The van der Waals surface area contributed by atoms with Crippen LogP contribution in [0.4, 0.5) is 0 Å². The number of nitrogens with one attached hydrogen (secondary N) is 1. The van der Waals surface area contributed by atoms with Crippen LogP contribution in [-0.2, 0) is 6.42 Å². The maximum absolute atomic E-state index is 6.17. The molecular formula is C17H26ClNOS. The number of hydrogen-bond donors (Lipinski definition) is 1. The number of halogens is 1. The van der Waals surface area contributed by atoms with E-state index in [0.717, 1.165) is 30.2 Å². The maximum atomic E-state index is 6.17. The van der Waals surface area contributed by atoms with Crippen molar-refractivity contribution in [3.8, 4) is 5.75 Å². The lowest BCUT2D eigenvalue weighted by Crippen LogP contribution is -2.47. The quantitative estimate of drug-likeness (QED) is 0.794. The van der Waals surface area contributed by atoms with E-state index >= 15 is 0 Å². The second kappa shape index (κ2) is 7.75. The van der Waals surface area contributed by atoms with Crippen molar-refractivity contribution in [2.45, 2.75) is 50.3 Å². The minimum absolute atomic E-state index is 0.308. The largest absolute Gasteiger partial charge is 0.496 e. The number of rotatable bonds is 7. The summed E-state index contributed by atoms with van der Waals surface area (Å²) in [6.07, 6.45) is 4.72. The summed E-state index contributed by atoms with van der Waals surface area (Å²) in [7, 11) is 1.73. The third-order valence-electron chi connectivity index (χ3n) is 4.29. The molecule has 0 radical (unpaired) electrons. The van der Waals surface area contributed by atoms with Gasteiger partial charge in [-0.15, -0.1) is 0 Å². The monoisotopic (exact) mass is 327 g/mol. The zero-order valence-corrected chi connectivity index (χ0v) is 14.8. The molecule has 4 heteroatoms. The van der Waals surface area contributed by atoms with E-state index in [1.165, 1.54) is 24.2 Å². The Morgan fingerprint density at radius 3 is 2.90 bits per heavy atom. The topological polar surface area (TPSA) is 21.3 Å². The van der Waals surface area contributed by atoms with Gasteiger partial charge in [-0.3, -0.25) is 0 Å². The van der Waals surface area contributed by atoms with Crippen molar-refractivity contribution in [2.24, 2.45) is 0 Å². The van der Waals surface area contributed by atoms with E-state index in [2.05, 4.69) is 30.9 Å². The van der Waals surface area contributed by atoms with Crippen LogP contribution in [-0.4, -0.2) is 30.2 Å². The fourth-order valence-corrected chi connectivity index (χ4v) is 4.63. The highest BCUT2D eigenvalue weighted by Crippen LogP contribution is 2.42. The third-order valence-corrected chi connectivity index (χ3v) is 6.17. The molecule has 0 amide bonds. The van der Waals surface area contributed by atoms with Gasteiger partial charge >= 0.3 is 0 Å². The summed E-state index contributed by atoms with van der Waals surface area (Å²) in [5, 5.41) is 4.53. The van der Waals surface area contributed by atoms with Crippen LogP contribution in [0.1, 0.15) is 38.7 Å². The van der Waals surface area contributed by atoms with Crippen LogP contribution < -0.4 is 10.1 Å². The van der Waals surface area contributed by atoms with Crippen LogP contribution in [0.15, 0.2) is 18.2 Å². The minimum Gasteiger partial charge on any atom is -0.496 e. The average Bonchev–Trinajstić information content (AvgIpc) is 2.91. The van der Waals surface area contributed by atoms with E-state index in [-0.39, 0.29) is 0 Å². The van der Waals surface area contributed by atoms with Gasteiger partial charge in [-0.05, 0) is 68.7 Å². The number of methoxy groups -OCH3 is 1. The zero-order valence-electron chi connectivity index (χ0n) is 13.2. The molecule has 0 bridgehead atoms. The maximum Gasteiger partial charge on any atom is 0.122 e. The van der Waals surface area contributed by atoms with E-state index in [0.29, 0.717) is 10.8 Å². The molecule has 21 heavy (non-hydrogen) atoms. The first-order valence-corrected chi connectivity index (χ1v) is 9.15. The van der Waals surface area contributed by atoms with Crippen molar-refractivity contribution < 1.29 is 4.74 Å². The molecule has 2 atom stereocenters. The number of hydrogen-bond acceptors (Lipinski definition) is 3. The SMILES string of the molecule is CCCNC(Cc1cc(Cl)ccc1OC)C1(C)CCCS1. The molecule has 1 N–H and O–H groups in total. The second-order valence-electron chi connectivity index (χ2n) is 5.93. The van der Waals surface area contributed by atoms with Gasteiger partial charge in [0.15, 0.2) is 0 Å². The number of ether oxygens (including phenoxy) is 1. The van der Waals surface area contributed by atoms with Crippen LogP contribution in [0.5, 0.6) is 5.75 Å². The van der Waals surface area contributed by atoms with Crippen molar-refractivity contribution >= 4 is 23.4 Å². The molecule has 1 aromatic carbocycles. The summed E-state index contributed by atoms with van der Waals surface area (Å²) in [6, 6.07) is 6.37. The molecule has 1 aromatic rings. The van der Waals surface area contributed by atoms with Crippen LogP contribution in [0.3, 0.4) is 0 Å². The van der Waals surface area contributed by atoms with Gasteiger partial charge in [0.2, 0.25) is 0 Å². The van der Waals surface area contributed by atoms with Gasteiger partial charge in [0, 0.05) is 15.8 Å². The van der Waals surface area contributed by atoms with Gasteiger partial charge < -0.3 is 10.1 Å². The lowest BCUT2D eigenvalue weighted by atomic mass is 9.90. The predicted molar refractivity (Wildman–Crippen MR) is 93.9 cm³/mol. The van der Waals surface area contributed by atoms with Crippen LogP contribution in [0.25, 0.3) is 0 Å². The lowest BCUT2D eigenvalue weighted by Gasteiger charge is -2.34. The predicted octanol–water partition coefficient (Wildman–Crippen LogP) is 4.55. The lowest BCUT2D eigenvalue weighted by molar-refractivity contribution is 0.380. The highest BCUT2D eigenvalue weighted by molar-refractivity contribution is 8.00. The van der Waals surface area contributed by atoms with Crippen LogP contribution in [0, 0.1) is 0 Å². The van der Waals surface area contributed by atoms with E-state index in [1.807, 2.05) is 18.2 Å². The fourth-order valence-electron chi connectivity index (χ4n) is 3.02. The third kappa shape index (κ3) is 4.30. The Morgan fingerprint density at radius 2 is 2.29 bits per heavy atom. The van der Waals surface area contributed by atoms with Gasteiger partial charge in [0.1, 0.15) is 5.75 Å². The Kier molecular flexibility index (Phi) is 6.27. The first-order chi connectivity index (χ1) is 10.1. The highest BCUT2D eigenvalue weighted by atomic mass is 35.5. The second-order valence-corrected chi connectivity index (χ2v) is 8.00. The molecule has 118 valence electrons. The molecule has 2 unspecified atom stereocenters. The summed E-state index contributed by atoms with van der Waals surface area (Å²) in [6.45, 7) is 5.67. The van der Waals surface area contributed by atoms with E-state index in [1.54, 1.807) is 7.11 Å². The van der Waals surface area contributed by atoms with Gasteiger partial charge in [0.05, 0.1) is 7.11 Å². The van der Waals surface area contributed by atoms with E-state index in [4.69, 9.17) is 16.3 Å². The van der Waals surface area contributed by atoms with Crippen LogP contribution >= 0.6 is 23.4 Å². The summed E-state index contributed by atoms with van der Waals surface area (Å²) >= 11 is 8.28. The van der Waals surface area contributed by atoms with Gasteiger partial charge in [-0.1, -0.05) is 18.5 Å². The summed E-state index contributed by atoms with van der Waals surface area (Å²) < 4.78 is 5.82. The Bertz CT molecular complexity index is 460. The number of thioether (sulfide) groups is 1. The normalized spacial score (nSPS) is 23.2. The summed E-state index contributed by atoms with van der Waals surface area (Å²) in [5.41, 5.74) is 1.20. The van der Waals surface area contributed by atoms with Gasteiger partial charge in [-0.25, -0.2) is 0 Å². The van der Waals surface area contributed by atoms with Crippen molar-refractivity contribution in [3.05, 3.63) is 28.8 Å². The van der Waals surface area contributed by atoms with Gasteiger partial charge in [-0.2, -0.15) is 11.8 Å². The molecule has 0 spiro atoms. The summed E-state index contributed by atoms with van der Waals surface area (Å²) in [4.78, 5) is 0. The van der Waals surface area contributed by atoms with Crippen molar-refractivity contribution in [2.75, 3.05) is 19.4 Å². The average molecular weight is 328 g/mol. The molecule has 1 fully saturated rings. The summed E-state index contributed by atoms with van der Waals surface area (Å²) in [5.74, 6) is 2.21. The Labute approximate surface area is 138 Å². The first kappa shape index (κ1) is 17.0. The molecule has 1 heterocycles. The van der Waals surface area contributed by atoms with Crippen molar-refractivity contribution in [1.82, 2.24) is 5.32 Å². The van der Waals surface area contributed by atoms with Crippen molar-refractivity contribution in [1.29, 1.82) is 0 Å². The van der Waals surface area contributed by atoms with Crippen molar-refractivity contribution in [3.63, 3.8) is 0 Å². The molecule has 1 aliphatic heterocycles. The Hall–Kier alpha value is -0.380. The van der Waals surface area contributed by atoms with E-state index < -0.39 is 0 Å². The fraction of sp³-hybridized carbons (Fsp3) is 0.647. The molecule has 0 aromatic heterocycles. The molecule has 2 rings (SSSR count). The molecule has 1 aliphatic rings.